The van der Waals surface area contributed by atoms with Crippen LogP contribution in [0.2, 0.25) is 4.34 Å². The summed E-state index contributed by atoms with van der Waals surface area (Å²) in [6, 6.07) is 6.11. The molecule has 0 unspecified atom stereocenters. The molecule has 1 N–H and O–H groups in total. The third kappa shape index (κ3) is 4.66. The third-order valence-corrected chi connectivity index (χ3v) is 6.64. The van der Waals surface area contributed by atoms with Crippen molar-refractivity contribution >= 4 is 28.5 Å². The molecule has 1 aromatic heterocycles. The van der Waals surface area contributed by atoms with E-state index in [2.05, 4.69) is 15.9 Å². The van der Waals surface area contributed by atoms with Crippen LogP contribution in [0, 0.1) is 17.2 Å². The predicted molar refractivity (Wildman–Crippen MR) is 105 cm³/mol. The Morgan fingerprint density at radius 1 is 1.31 bits per heavy atom. The summed E-state index contributed by atoms with van der Waals surface area (Å²) < 4.78 is 5.95. The van der Waals surface area contributed by atoms with Gasteiger partial charge in [0.2, 0.25) is 0 Å². The molecule has 3 heterocycles. The lowest BCUT2D eigenvalue weighted by Crippen LogP contribution is -2.53. The second-order valence-electron chi connectivity index (χ2n) is 7.01. The lowest BCUT2D eigenvalue weighted by molar-refractivity contribution is -0.126. The Labute approximate surface area is 164 Å². The number of hydrogen-bond donors (Lipinski definition) is 1. The Morgan fingerprint density at radius 3 is 2.50 bits per heavy atom. The van der Waals surface area contributed by atoms with Gasteiger partial charge in [0, 0.05) is 44.8 Å². The highest BCUT2D eigenvalue weighted by molar-refractivity contribution is 7.17. The van der Waals surface area contributed by atoms with Gasteiger partial charge < -0.3 is 9.84 Å². The molecule has 0 amide bonds. The summed E-state index contributed by atoms with van der Waals surface area (Å²) in [6.45, 7) is 4.18. The summed E-state index contributed by atoms with van der Waals surface area (Å²) >= 11 is 7.46. The summed E-state index contributed by atoms with van der Waals surface area (Å²) in [5.41, 5.74) is 1.93. The third-order valence-electron chi connectivity index (χ3n) is 5.39. The van der Waals surface area contributed by atoms with Crippen molar-refractivity contribution in [3.05, 3.63) is 26.9 Å². The molecule has 1 aromatic rings. The van der Waals surface area contributed by atoms with Crippen LogP contribution in [0.1, 0.15) is 30.6 Å². The van der Waals surface area contributed by atoms with Crippen LogP contribution in [-0.4, -0.2) is 61.2 Å². The number of ether oxygens (including phenoxy) is 1. The highest BCUT2D eigenvalue weighted by Crippen LogP contribution is 2.33. The van der Waals surface area contributed by atoms with Gasteiger partial charge in [-0.2, -0.15) is 5.26 Å². The zero-order chi connectivity index (χ0) is 18.5. The Bertz CT molecular complexity index is 667. The van der Waals surface area contributed by atoms with Crippen LogP contribution in [0.3, 0.4) is 0 Å². The SMILES string of the molecule is COCC1CCN([C@H](O)N2CCC(=C(C#N)c3ccc(Cl)s3)CC2)CC1. The minimum Gasteiger partial charge on any atom is -0.384 e. The maximum atomic E-state index is 10.7. The average Bonchev–Trinajstić information content (AvgIpc) is 3.09. The van der Waals surface area contributed by atoms with Gasteiger partial charge in [0.1, 0.15) is 6.07 Å². The largest absolute Gasteiger partial charge is 0.384 e. The normalized spacial score (nSPS) is 21.5. The number of halogens is 1. The van der Waals surface area contributed by atoms with E-state index >= 15 is 0 Å². The molecule has 1 atom stereocenters. The average molecular weight is 396 g/mol. The van der Waals surface area contributed by atoms with Gasteiger partial charge >= 0.3 is 0 Å². The summed E-state index contributed by atoms with van der Waals surface area (Å²) in [6.07, 6.45) is 3.25. The van der Waals surface area contributed by atoms with E-state index in [0.29, 0.717) is 10.3 Å². The molecule has 2 aliphatic heterocycles. The number of nitrogens with zero attached hydrogens (tertiary/aromatic N) is 3. The predicted octanol–water partition coefficient (Wildman–Crippen LogP) is 3.41. The molecule has 7 heteroatoms. The van der Waals surface area contributed by atoms with Gasteiger partial charge in [-0.25, -0.2) is 0 Å². The molecule has 3 rings (SSSR count). The van der Waals surface area contributed by atoms with Crippen molar-refractivity contribution in [2.24, 2.45) is 5.92 Å². The quantitative estimate of drug-likeness (QED) is 0.774. The minimum atomic E-state index is -0.526. The Hall–Kier alpha value is -0.940. The molecule has 142 valence electrons. The summed E-state index contributed by atoms with van der Waals surface area (Å²) in [4.78, 5) is 5.23. The maximum Gasteiger partial charge on any atom is 0.165 e. The molecule has 5 nitrogen and oxygen atoms in total. The van der Waals surface area contributed by atoms with Crippen molar-refractivity contribution in [1.82, 2.24) is 9.80 Å². The lowest BCUT2D eigenvalue weighted by Gasteiger charge is -2.41. The van der Waals surface area contributed by atoms with E-state index < -0.39 is 6.35 Å². The molecule has 0 aromatic carbocycles. The molecule has 0 aliphatic carbocycles. The Morgan fingerprint density at radius 2 is 1.96 bits per heavy atom. The summed E-state index contributed by atoms with van der Waals surface area (Å²) in [5, 5.41) is 20.3. The van der Waals surface area contributed by atoms with Crippen LogP contribution >= 0.6 is 22.9 Å². The van der Waals surface area contributed by atoms with Crippen LogP contribution in [-0.2, 0) is 4.74 Å². The molecule has 0 spiro atoms. The van der Waals surface area contributed by atoms with E-state index in [1.807, 2.05) is 12.1 Å². The molecular formula is C19H26ClN3O2S. The van der Waals surface area contributed by atoms with Crippen LogP contribution < -0.4 is 0 Å². The first-order chi connectivity index (χ1) is 12.6. The van der Waals surface area contributed by atoms with E-state index in [-0.39, 0.29) is 0 Å². The van der Waals surface area contributed by atoms with E-state index in [1.54, 1.807) is 7.11 Å². The maximum absolute atomic E-state index is 10.7. The Kier molecular flexibility index (Phi) is 7.10. The number of nitriles is 1. The number of likely N-dealkylation sites (tertiary alicyclic amines) is 2. The zero-order valence-electron chi connectivity index (χ0n) is 15.2. The second-order valence-corrected chi connectivity index (χ2v) is 8.73. The van der Waals surface area contributed by atoms with Gasteiger partial charge in [-0.1, -0.05) is 11.6 Å². The van der Waals surface area contributed by atoms with E-state index in [0.717, 1.165) is 68.9 Å². The molecule has 0 radical (unpaired) electrons. The molecule has 0 bridgehead atoms. The number of methoxy groups -OCH3 is 1. The van der Waals surface area contributed by atoms with Crippen LogP contribution in [0.25, 0.3) is 5.57 Å². The van der Waals surface area contributed by atoms with Gasteiger partial charge in [-0.05, 0) is 49.3 Å². The second kappa shape index (κ2) is 9.32. The first kappa shape index (κ1) is 19.8. The first-order valence-electron chi connectivity index (χ1n) is 9.15. The molecule has 2 saturated heterocycles. The van der Waals surface area contributed by atoms with Gasteiger partial charge in [0.05, 0.1) is 9.91 Å². The first-order valence-corrected chi connectivity index (χ1v) is 10.3. The molecule has 2 fully saturated rings. The number of allylic oxidation sites excluding steroid dienone is 1. The van der Waals surface area contributed by atoms with Crippen LogP contribution in [0.15, 0.2) is 17.7 Å². The highest BCUT2D eigenvalue weighted by atomic mass is 35.5. The van der Waals surface area contributed by atoms with E-state index in [9.17, 15) is 10.4 Å². The molecule has 2 aliphatic rings. The smallest absolute Gasteiger partial charge is 0.165 e. The van der Waals surface area contributed by atoms with E-state index in [1.165, 1.54) is 16.9 Å². The Balaban J connectivity index is 1.56. The van der Waals surface area contributed by atoms with Crippen molar-refractivity contribution in [1.29, 1.82) is 5.26 Å². The zero-order valence-corrected chi connectivity index (χ0v) is 16.7. The van der Waals surface area contributed by atoms with Crippen molar-refractivity contribution in [3.8, 4) is 6.07 Å². The fourth-order valence-electron chi connectivity index (χ4n) is 3.85. The number of thiophene rings is 1. The standard InChI is InChI=1S/C19H26ClN3O2S/c1-25-13-14-4-8-22(9-5-14)19(24)23-10-6-15(7-11-23)16(12-21)17-2-3-18(20)26-17/h2-3,14,19,24H,4-11,13H2,1H3/t19-/m0/s1. The lowest BCUT2D eigenvalue weighted by atomic mass is 9.96. The van der Waals surface area contributed by atoms with Crippen LogP contribution in [0.4, 0.5) is 0 Å². The van der Waals surface area contributed by atoms with Gasteiger partial charge in [-0.3, -0.25) is 9.80 Å². The number of hydrogen-bond acceptors (Lipinski definition) is 6. The van der Waals surface area contributed by atoms with Gasteiger partial charge in [0.25, 0.3) is 0 Å². The van der Waals surface area contributed by atoms with Crippen molar-refractivity contribution in [2.45, 2.75) is 32.0 Å². The summed E-state index contributed by atoms with van der Waals surface area (Å²) in [5.74, 6) is 0.607. The minimum absolute atomic E-state index is 0.526. The number of aliphatic hydroxyl groups excluding tert-OH is 1. The number of piperidine rings is 2. The molecular weight excluding hydrogens is 370 g/mol. The number of aliphatic hydroxyl groups is 1. The van der Waals surface area contributed by atoms with E-state index in [4.69, 9.17) is 16.3 Å². The van der Waals surface area contributed by atoms with Crippen LogP contribution in [0.5, 0.6) is 0 Å². The topological polar surface area (TPSA) is 59.7 Å². The van der Waals surface area contributed by atoms with Gasteiger partial charge in [-0.15, -0.1) is 11.3 Å². The van der Waals surface area contributed by atoms with Crippen molar-refractivity contribution in [2.75, 3.05) is 39.9 Å². The fourth-order valence-corrected chi connectivity index (χ4v) is 4.94. The summed E-state index contributed by atoms with van der Waals surface area (Å²) in [7, 11) is 1.75. The highest BCUT2D eigenvalue weighted by Gasteiger charge is 2.29. The monoisotopic (exact) mass is 395 g/mol. The number of rotatable bonds is 5. The molecule has 0 saturated carbocycles. The molecule has 26 heavy (non-hydrogen) atoms. The van der Waals surface area contributed by atoms with Crippen molar-refractivity contribution < 1.29 is 9.84 Å². The fraction of sp³-hybridized carbons (Fsp3) is 0.632. The van der Waals surface area contributed by atoms with Gasteiger partial charge in [0.15, 0.2) is 6.35 Å². The van der Waals surface area contributed by atoms with Crippen molar-refractivity contribution in [3.63, 3.8) is 0 Å².